The number of hydrogen-bond acceptors (Lipinski definition) is 5. The van der Waals surface area contributed by atoms with Gasteiger partial charge < -0.3 is 19.1 Å². The highest BCUT2D eigenvalue weighted by Gasteiger charge is 2.04. The van der Waals surface area contributed by atoms with Crippen molar-refractivity contribution in [2.45, 2.75) is 6.92 Å². The molecule has 0 fully saturated rings. The maximum Gasteiger partial charge on any atom is 0.332 e. The lowest BCUT2D eigenvalue weighted by atomic mass is 10.3. The summed E-state index contributed by atoms with van der Waals surface area (Å²) in [5, 5.41) is 0. The van der Waals surface area contributed by atoms with E-state index >= 15 is 0 Å². The molecule has 0 unspecified atom stereocenters. The van der Waals surface area contributed by atoms with E-state index in [1.165, 1.54) is 0 Å². The van der Waals surface area contributed by atoms with Crippen LogP contribution in [0.3, 0.4) is 0 Å². The van der Waals surface area contributed by atoms with Gasteiger partial charge in [0.05, 0.1) is 20.3 Å². The summed E-state index contributed by atoms with van der Waals surface area (Å²) in [6.45, 7) is 3.30. The first-order valence-electron chi connectivity index (χ1n) is 6.26. The van der Waals surface area contributed by atoms with Crippen LogP contribution in [0.4, 0.5) is 5.69 Å². The van der Waals surface area contributed by atoms with Crippen molar-refractivity contribution in [3.8, 4) is 5.75 Å². The number of nitrogens with zero attached hydrogens (tertiary/aromatic N) is 1. The molecular weight excluding hydrogens is 246 g/mol. The third-order valence-corrected chi connectivity index (χ3v) is 2.59. The fourth-order valence-electron chi connectivity index (χ4n) is 1.54. The van der Waals surface area contributed by atoms with Crippen LogP contribution in [0.5, 0.6) is 5.75 Å². The van der Waals surface area contributed by atoms with Crippen molar-refractivity contribution in [1.29, 1.82) is 0 Å². The molecule has 0 aliphatic rings. The second-order valence-electron chi connectivity index (χ2n) is 3.98. The zero-order valence-corrected chi connectivity index (χ0v) is 11.7. The Bertz CT molecular complexity index is 395. The molecule has 106 valence electrons. The fourth-order valence-corrected chi connectivity index (χ4v) is 1.54. The number of carbonyl (C=O) groups excluding carboxylic acids is 1. The smallest absolute Gasteiger partial charge is 0.332 e. The van der Waals surface area contributed by atoms with Gasteiger partial charge >= 0.3 is 5.97 Å². The highest BCUT2D eigenvalue weighted by molar-refractivity contribution is 5.70. The number of carbonyl (C=O) groups is 1. The first-order valence-corrected chi connectivity index (χ1v) is 6.26. The molecule has 0 N–H and O–H groups in total. The van der Waals surface area contributed by atoms with Crippen LogP contribution in [-0.4, -0.2) is 46.5 Å². The number of benzene rings is 1. The topological polar surface area (TPSA) is 48.0 Å². The van der Waals surface area contributed by atoms with Crippen LogP contribution in [-0.2, 0) is 14.3 Å². The van der Waals surface area contributed by atoms with Gasteiger partial charge in [-0.25, -0.2) is 4.79 Å². The highest BCUT2D eigenvalue weighted by atomic mass is 16.6. The molecule has 0 atom stereocenters. The Kier molecular flexibility index (Phi) is 6.74. The van der Waals surface area contributed by atoms with Gasteiger partial charge in [-0.1, -0.05) is 6.07 Å². The number of rotatable bonds is 8. The van der Waals surface area contributed by atoms with Gasteiger partial charge in [-0.2, -0.15) is 0 Å². The molecule has 0 aliphatic carbocycles. The van der Waals surface area contributed by atoms with E-state index in [1.54, 1.807) is 14.0 Å². The van der Waals surface area contributed by atoms with Gasteiger partial charge in [0, 0.05) is 25.3 Å². The molecule has 0 radical (unpaired) electrons. The number of methoxy groups -OCH3 is 1. The number of hydrogen-bond donors (Lipinski definition) is 0. The van der Waals surface area contributed by atoms with Gasteiger partial charge in [0.2, 0.25) is 0 Å². The van der Waals surface area contributed by atoms with Gasteiger partial charge in [-0.15, -0.1) is 0 Å². The van der Waals surface area contributed by atoms with Crippen LogP contribution in [0, 0.1) is 0 Å². The molecular formula is C14H21NO4. The molecule has 0 saturated heterocycles. The zero-order valence-electron chi connectivity index (χ0n) is 11.7. The van der Waals surface area contributed by atoms with E-state index in [9.17, 15) is 4.79 Å². The van der Waals surface area contributed by atoms with Crippen molar-refractivity contribution in [2.24, 2.45) is 0 Å². The molecule has 0 aliphatic heterocycles. The largest absolute Gasteiger partial charge is 0.497 e. The summed E-state index contributed by atoms with van der Waals surface area (Å²) in [5.74, 6) is 0.489. The lowest BCUT2D eigenvalue weighted by Crippen LogP contribution is -2.24. The van der Waals surface area contributed by atoms with Crippen LogP contribution in [0.1, 0.15) is 6.92 Å². The van der Waals surface area contributed by atoms with Crippen molar-refractivity contribution in [1.82, 2.24) is 0 Å². The van der Waals surface area contributed by atoms with E-state index in [0.717, 1.165) is 11.4 Å². The Labute approximate surface area is 114 Å². The summed E-state index contributed by atoms with van der Waals surface area (Å²) in [5.41, 5.74) is 1.04. The summed E-state index contributed by atoms with van der Waals surface area (Å²) < 4.78 is 15.2. The van der Waals surface area contributed by atoms with Gasteiger partial charge in [-0.05, 0) is 19.1 Å². The van der Waals surface area contributed by atoms with E-state index in [0.29, 0.717) is 19.8 Å². The maximum atomic E-state index is 11.1. The highest BCUT2D eigenvalue weighted by Crippen LogP contribution is 2.19. The summed E-state index contributed by atoms with van der Waals surface area (Å²) in [7, 11) is 3.60. The van der Waals surface area contributed by atoms with Crippen molar-refractivity contribution in [2.75, 3.05) is 45.4 Å². The predicted octanol–water partition coefficient (Wildman–Crippen LogP) is 1.71. The molecule has 0 spiro atoms. The normalized spacial score (nSPS) is 10.1. The monoisotopic (exact) mass is 267 g/mol. The van der Waals surface area contributed by atoms with E-state index < -0.39 is 0 Å². The van der Waals surface area contributed by atoms with E-state index in [1.807, 2.05) is 36.2 Å². The molecule has 5 heteroatoms. The fraction of sp³-hybridized carbons (Fsp3) is 0.500. The van der Waals surface area contributed by atoms with E-state index in [2.05, 4.69) is 0 Å². The SMILES string of the molecule is CCOC(=O)COCCN(C)c1cccc(OC)c1. The number of likely N-dealkylation sites (N-methyl/N-ethyl adjacent to an activating group) is 1. The maximum absolute atomic E-state index is 11.1. The Morgan fingerprint density at radius 1 is 1.37 bits per heavy atom. The summed E-state index contributed by atoms with van der Waals surface area (Å²) in [6.07, 6.45) is 0. The number of esters is 1. The van der Waals surface area contributed by atoms with Crippen molar-refractivity contribution >= 4 is 11.7 Å². The zero-order chi connectivity index (χ0) is 14.1. The quantitative estimate of drug-likeness (QED) is 0.530. The third kappa shape index (κ3) is 5.61. The standard InChI is InChI=1S/C14H21NO4/c1-4-19-14(16)11-18-9-8-15(2)12-6-5-7-13(10-12)17-3/h5-7,10H,4,8-9,11H2,1-3H3. The Morgan fingerprint density at radius 3 is 2.84 bits per heavy atom. The van der Waals surface area contributed by atoms with Crippen LogP contribution in [0.25, 0.3) is 0 Å². The average Bonchev–Trinajstić information content (AvgIpc) is 2.43. The van der Waals surface area contributed by atoms with Gasteiger partial charge in [0.25, 0.3) is 0 Å². The average molecular weight is 267 g/mol. The van der Waals surface area contributed by atoms with Gasteiger partial charge in [-0.3, -0.25) is 0 Å². The molecule has 0 heterocycles. The molecule has 0 bridgehead atoms. The number of anilines is 1. The van der Waals surface area contributed by atoms with E-state index in [4.69, 9.17) is 14.2 Å². The van der Waals surface area contributed by atoms with Crippen molar-refractivity contribution in [3.05, 3.63) is 24.3 Å². The van der Waals surface area contributed by atoms with Gasteiger partial charge in [0.15, 0.2) is 0 Å². The summed E-state index contributed by atoms with van der Waals surface area (Å²) in [6, 6.07) is 7.78. The number of ether oxygens (including phenoxy) is 3. The summed E-state index contributed by atoms with van der Waals surface area (Å²) in [4.78, 5) is 13.1. The molecule has 5 nitrogen and oxygen atoms in total. The molecule has 0 amide bonds. The Hall–Kier alpha value is -1.75. The van der Waals surface area contributed by atoms with Crippen LogP contribution >= 0.6 is 0 Å². The van der Waals surface area contributed by atoms with Gasteiger partial charge in [0.1, 0.15) is 12.4 Å². The third-order valence-electron chi connectivity index (χ3n) is 2.59. The van der Waals surface area contributed by atoms with Crippen molar-refractivity contribution < 1.29 is 19.0 Å². The lowest BCUT2D eigenvalue weighted by molar-refractivity contribution is -0.148. The first-order chi connectivity index (χ1) is 9.17. The lowest BCUT2D eigenvalue weighted by Gasteiger charge is -2.19. The van der Waals surface area contributed by atoms with Crippen molar-refractivity contribution in [3.63, 3.8) is 0 Å². The van der Waals surface area contributed by atoms with Crippen LogP contribution in [0.2, 0.25) is 0 Å². The van der Waals surface area contributed by atoms with Crippen LogP contribution in [0.15, 0.2) is 24.3 Å². The van der Waals surface area contributed by atoms with Crippen LogP contribution < -0.4 is 9.64 Å². The molecule has 19 heavy (non-hydrogen) atoms. The Balaban J connectivity index is 2.30. The molecule has 0 saturated carbocycles. The minimum absolute atomic E-state index is 0.000208. The van der Waals surface area contributed by atoms with E-state index in [-0.39, 0.29) is 12.6 Å². The minimum atomic E-state index is -0.327. The molecule has 0 aromatic heterocycles. The first kappa shape index (κ1) is 15.3. The summed E-state index contributed by atoms with van der Waals surface area (Å²) >= 11 is 0. The second-order valence-corrected chi connectivity index (χ2v) is 3.98. The Morgan fingerprint density at radius 2 is 2.16 bits per heavy atom. The minimum Gasteiger partial charge on any atom is -0.497 e. The molecule has 1 rings (SSSR count). The molecule has 1 aromatic rings. The molecule has 1 aromatic carbocycles. The second kappa shape index (κ2) is 8.37. The predicted molar refractivity (Wildman–Crippen MR) is 73.7 cm³/mol.